The fraction of sp³-hybridized carbons (Fsp3) is 0.647. The second-order valence-corrected chi connectivity index (χ2v) is 7.20. The van der Waals surface area contributed by atoms with Crippen molar-refractivity contribution in [2.45, 2.75) is 75.0 Å². The van der Waals surface area contributed by atoms with Crippen LogP contribution in [0.5, 0.6) is 0 Å². The van der Waals surface area contributed by atoms with Crippen molar-refractivity contribution >= 4 is 11.8 Å². The molecule has 1 saturated carbocycles. The van der Waals surface area contributed by atoms with Gasteiger partial charge < -0.3 is 5.73 Å². The van der Waals surface area contributed by atoms with E-state index in [1.165, 1.54) is 48.1 Å². The summed E-state index contributed by atoms with van der Waals surface area (Å²) in [4.78, 5) is 1.47. The summed E-state index contributed by atoms with van der Waals surface area (Å²) >= 11 is 2.10. The van der Waals surface area contributed by atoms with E-state index in [-0.39, 0.29) is 0 Å². The van der Waals surface area contributed by atoms with E-state index in [0.29, 0.717) is 6.04 Å². The Hall–Kier alpha value is -0.470. The Balaban J connectivity index is 2.09. The number of hydrogen-bond donors (Lipinski definition) is 1. The SMILES string of the molecule is CCC(N)Cc1cc(C)ccc1SC1CCCCC1. The fourth-order valence-electron chi connectivity index (χ4n) is 2.77. The number of benzene rings is 1. The zero-order valence-corrected chi connectivity index (χ0v) is 13.1. The molecule has 1 aliphatic carbocycles. The zero-order chi connectivity index (χ0) is 13.7. The molecule has 0 amide bonds. The number of hydrogen-bond acceptors (Lipinski definition) is 2. The van der Waals surface area contributed by atoms with Crippen molar-refractivity contribution in [3.63, 3.8) is 0 Å². The van der Waals surface area contributed by atoms with Crippen LogP contribution in [0.3, 0.4) is 0 Å². The van der Waals surface area contributed by atoms with Gasteiger partial charge in [0, 0.05) is 16.2 Å². The minimum atomic E-state index is 0.299. The number of thioether (sulfide) groups is 1. The van der Waals surface area contributed by atoms with Gasteiger partial charge in [0.15, 0.2) is 0 Å². The first-order valence-electron chi connectivity index (χ1n) is 7.70. The second-order valence-electron chi connectivity index (χ2n) is 5.86. The highest BCUT2D eigenvalue weighted by molar-refractivity contribution is 8.00. The predicted octanol–water partition coefficient (Wildman–Crippen LogP) is 4.70. The molecule has 0 bridgehead atoms. The molecule has 0 aromatic heterocycles. The van der Waals surface area contributed by atoms with E-state index < -0.39 is 0 Å². The van der Waals surface area contributed by atoms with Crippen LogP contribution >= 0.6 is 11.8 Å². The zero-order valence-electron chi connectivity index (χ0n) is 12.3. The summed E-state index contributed by atoms with van der Waals surface area (Å²) in [6.45, 7) is 4.35. The molecule has 0 aliphatic heterocycles. The second kappa shape index (κ2) is 7.35. The van der Waals surface area contributed by atoms with E-state index in [1.807, 2.05) is 0 Å². The van der Waals surface area contributed by atoms with Crippen molar-refractivity contribution in [2.24, 2.45) is 5.73 Å². The average molecular weight is 277 g/mol. The lowest BCUT2D eigenvalue weighted by molar-refractivity contribution is 0.516. The molecular weight excluding hydrogens is 250 g/mol. The van der Waals surface area contributed by atoms with Crippen LogP contribution in [0.1, 0.15) is 56.6 Å². The van der Waals surface area contributed by atoms with Gasteiger partial charge in [0.05, 0.1) is 0 Å². The standard InChI is InChI=1S/C17H27NS/c1-3-15(18)12-14-11-13(2)9-10-17(14)19-16-7-5-4-6-8-16/h9-11,15-16H,3-8,12,18H2,1-2H3. The molecule has 0 spiro atoms. The van der Waals surface area contributed by atoms with Gasteiger partial charge in [0.2, 0.25) is 0 Å². The maximum atomic E-state index is 6.15. The van der Waals surface area contributed by atoms with Crippen LogP contribution in [0.2, 0.25) is 0 Å². The van der Waals surface area contributed by atoms with E-state index in [2.05, 4.69) is 43.8 Å². The van der Waals surface area contributed by atoms with Crippen LogP contribution in [-0.4, -0.2) is 11.3 Å². The summed E-state index contributed by atoms with van der Waals surface area (Å²) in [5.41, 5.74) is 8.96. The van der Waals surface area contributed by atoms with E-state index >= 15 is 0 Å². The van der Waals surface area contributed by atoms with Crippen molar-refractivity contribution < 1.29 is 0 Å². The minimum absolute atomic E-state index is 0.299. The van der Waals surface area contributed by atoms with Gasteiger partial charge in [0.1, 0.15) is 0 Å². The minimum Gasteiger partial charge on any atom is -0.327 e. The fourth-order valence-corrected chi connectivity index (χ4v) is 4.14. The molecule has 2 N–H and O–H groups in total. The Bertz CT molecular complexity index is 396. The number of aryl methyl sites for hydroxylation is 1. The summed E-state index contributed by atoms with van der Waals surface area (Å²) in [5, 5.41) is 0.827. The Morgan fingerprint density at radius 3 is 2.68 bits per heavy atom. The van der Waals surface area contributed by atoms with Crippen LogP contribution in [0.15, 0.2) is 23.1 Å². The van der Waals surface area contributed by atoms with Crippen molar-refractivity contribution in [1.82, 2.24) is 0 Å². The molecule has 1 aliphatic rings. The predicted molar refractivity (Wildman–Crippen MR) is 85.9 cm³/mol. The van der Waals surface area contributed by atoms with Gasteiger partial charge in [-0.2, -0.15) is 0 Å². The van der Waals surface area contributed by atoms with Crippen molar-refractivity contribution in [1.29, 1.82) is 0 Å². The summed E-state index contributed by atoms with van der Waals surface area (Å²) in [6.07, 6.45) is 9.10. The Labute approximate surface area is 122 Å². The molecule has 1 atom stereocenters. The van der Waals surface area contributed by atoms with Gasteiger partial charge in [-0.25, -0.2) is 0 Å². The third-order valence-electron chi connectivity index (χ3n) is 4.07. The molecule has 0 radical (unpaired) electrons. The van der Waals surface area contributed by atoms with Crippen LogP contribution < -0.4 is 5.73 Å². The highest BCUT2D eigenvalue weighted by Gasteiger charge is 2.17. The smallest absolute Gasteiger partial charge is 0.0108 e. The lowest BCUT2D eigenvalue weighted by Gasteiger charge is -2.23. The lowest BCUT2D eigenvalue weighted by Crippen LogP contribution is -2.22. The third-order valence-corrected chi connectivity index (χ3v) is 5.53. The van der Waals surface area contributed by atoms with Crippen molar-refractivity contribution in [3.05, 3.63) is 29.3 Å². The molecule has 106 valence electrons. The lowest BCUT2D eigenvalue weighted by atomic mass is 10.0. The molecule has 0 saturated heterocycles. The van der Waals surface area contributed by atoms with Gasteiger partial charge in [0.25, 0.3) is 0 Å². The van der Waals surface area contributed by atoms with Crippen LogP contribution in [0, 0.1) is 6.92 Å². The number of nitrogens with two attached hydrogens (primary N) is 1. The summed E-state index contributed by atoms with van der Waals surface area (Å²) in [5.74, 6) is 0. The molecule has 2 rings (SSSR count). The number of rotatable bonds is 5. The molecule has 1 aromatic carbocycles. The Morgan fingerprint density at radius 2 is 2.00 bits per heavy atom. The van der Waals surface area contributed by atoms with E-state index in [1.54, 1.807) is 0 Å². The van der Waals surface area contributed by atoms with Gasteiger partial charge >= 0.3 is 0 Å². The van der Waals surface area contributed by atoms with Crippen LogP contribution in [0.25, 0.3) is 0 Å². The van der Waals surface area contributed by atoms with E-state index in [0.717, 1.165) is 18.1 Å². The maximum Gasteiger partial charge on any atom is 0.0108 e. The molecule has 1 aromatic rings. The van der Waals surface area contributed by atoms with Gasteiger partial charge in [-0.15, -0.1) is 11.8 Å². The topological polar surface area (TPSA) is 26.0 Å². The van der Waals surface area contributed by atoms with Gasteiger partial charge in [-0.1, -0.05) is 43.9 Å². The molecule has 1 fully saturated rings. The normalized spacial score (nSPS) is 18.5. The third kappa shape index (κ3) is 4.54. The highest BCUT2D eigenvalue weighted by Crippen LogP contribution is 2.36. The quantitative estimate of drug-likeness (QED) is 0.844. The highest BCUT2D eigenvalue weighted by atomic mass is 32.2. The maximum absolute atomic E-state index is 6.15. The molecule has 0 heterocycles. The monoisotopic (exact) mass is 277 g/mol. The first kappa shape index (κ1) is 14.9. The average Bonchev–Trinajstić information content (AvgIpc) is 2.43. The van der Waals surface area contributed by atoms with Crippen LogP contribution in [-0.2, 0) is 6.42 Å². The first-order chi connectivity index (χ1) is 9.19. The molecule has 19 heavy (non-hydrogen) atoms. The van der Waals surface area contributed by atoms with Crippen molar-refractivity contribution in [2.75, 3.05) is 0 Å². The summed E-state index contributed by atoms with van der Waals surface area (Å²) in [7, 11) is 0. The van der Waals surface area contributed by atoms with Crippen molar-refractivity contribution in [3.8, 4) is 0 Å². The molecule has 1 nitrogen and oxygen atoms in total. The largest absolute Gasteiger partial charge is 0.327 e. The molecule has 2 heteroatoms. The van der Waals surface area contributed by atoms with Gasteiger partial charge in [-0.3, -0.25) is 0 Å². The van der Waals surface area contributed by atoms with E-state index in [4.69, 9.17) is 5.73 Å². The molecule has 1 unspecified atom stereocenters. The Kier molecular flexibility index (Phi) is 5.77. The molecular formula is C17H27NS. The summed E-state index contributed by atoms with van der Waals surface area (Å²) < 4.78 is 0. The van der Waals surface area contributed by atoms with E-state index in [9.17, 15) is 0 Å². The summed E-state index contributed by atoms with van der Waals surface area (Å²) in [6, 6.07) is 7.19. The Morgan fingerprint density at radius 1 is 1.26 bits per heavy atom. The van der Waals surface area contributed by atoms with Gasteiger partial charge in [-0.05, 0) is 44.2 Å². The first-order valence-corrected chi connectivity index (χ1v) is 8.58. The van der Waals surface area contributed by atoms with Crippen LogP contribution in [0.4, 0.5) is 0 Å².